The van der Waals surface area contributed by atoms with E-state index in [1.165, 1.54) is 0 Å². The van der Waals surface area contributed by atoms with E-state index in [0.717, 1.165) is 5.56 Å². The highest BCUT2D eigenvalue weighted by atomic mass is 16.4. The predicted molar refractivity (Wildman–Crippen MR) is 75.5 cm³/mol. The van der Waals surface area contributed by atoms with Crippen molar-refractivity contribution in [3.63, 3.8) is 0 Å². The molecule has 2 aromatic rings. The highest BCUT2D eigenvalue weighted by molar-refractivity contribution is 5.83. The van der Waals surface area contributed by atoms with Crippen LogP contribution in [0.5, 0.6) is 0 Å². The van der Waals surface area contributed by atoms with Gasteiger partial charge < -0.3 is 15.7 Å². The van der Waals surface area contributed by atoms with Crippen molar-refractivity contribution in [2.24, 2.45) is 0 Å². The van der Waals surface area contributed by atoms with E-state index >= 15 is 0 Å². The highest BCUT2D eigenvalue weighted by Crippen LogP contribution is 2.13. The summed E-state index contributed by atoms with van der Waals surface area (Å²) in [5.74, 6) is -1.12. The molecule has 21 heavy (non-hydrogen) atoms. The van der Waals surface area contributed by atoms with E-state index in [-0.39, 0.29) is 6.04 Å². The fourth-order valence-corrected chi connectivity index (χ4v) is 1.88. The number of rotatable bonds is 5. The lowest BCUT2D eigenvalue weighted by atomic mass is 10.1. The van der Waals surface area contributed by atoms with E-state index in [0.29, 0.717) is 5.56 Å². The lowest BCUT2D eigenvalue weighted by Gasteiger charge is -2.18. The summed E-state index contributed by atoms with van der Waals surface area (Å²) in [6.07, 6.45) is 3.26. The van der Waals surface area contributed by atoms with Crippen molar-refractivity contribution in [2.45, 2.75) is 19.0 Å². The summed E-state index contributed by atoms with van der Waals surface area (Å²) in [4.78, 5) is 23.2. The number of carbonyl (C=O) groups excluding carboxylic acids is 1. The van der Waals surface area contributed by atoms with Crippen molar-refractivity contribution in [3.8, 4) is 0 Å². The molecule has 1 heterocycles. The number of hydrogen-bond donors (Lipinski definition) is 4. The number of carbonyl (C=O) groups is 2. The minimum absolute atomic E-state index is 0.283. The van der Waals surface area contributed by atoms with Gasteiger partial charge in [-0.05, 0) is 12.5 Å². The van der Waals surface area contributed by atoms with Crippen molar-refractivity contribution in [1.82, 2.24) is 20.8 Å². The Morgan fingerprint density at radius 2 is 1.90 bits per heavy atom. The van der Waals surface area contributed by atoms with E-state index < -0.39 is 18.0 Å². The number of benzene rings is 1. The van der Waals surface area contributed by atoms with E-state index in [2.05, 4.69) is 20.8 Å². The van der Waals surface area contributed by atoms with Gasteiger partial charge in [0.05, 0.1) is 12.2 Å². The number of nitrogens with one attached hydrogen (secondary N) is 3. The Hall–Kier alpha value is -2.83. The first-order chi connectivity index (χ1) is 10.1. The lowest BCUT2D eigenvalue weighted by molar-refractivity contribution is -0.139. The van der Waals surface area contributed by atoms with Gasteiger partial charge in [-0.2, -0.15) is 5.10 Å². The first-order valence-corrected chi connectivity index (χ1v) is 6.41. The Labute approximate surface area is 121 Å². The topological polar surface area (TPSA) is 107 Å². The molecule has 0 aliphatic heterocycles. The number of carboxylic acid groups (broad SMARTS) is 1. The molecule has 0 bridgehead atoms. The number of urea groups is 1. The molecule has 0 aliphatic carbocycles. The van der Waals surface area contributed by atoms with Crippen LogP contribution >= 0.6 is 0 Å². The van der Waals surface area contributed by atoms with Crippen LogP contribution in [0, 0.1) is 0 Å². The van der Waals surface area contributed by atoms with Crippen LogP contribution < -0.4 is 10.6 Å². The maximum atomic E-state index is 11.9. The van der Waals surface area contributed by atoms with Gasteiger partial charge in [0, 0.05) is 11.8 Å². The summed E-state index contributed by atoms with van der Waals surface area (Å²) < 4.78 is 0. The molecule has 2 atom stereocenters. The largest absolute Gasteiger partial charge is 0.479 e. The molecule has 7 heteroatoms. The summed E-state index contributed by atoms with van der Waals surface area (Å²) in [5.41, 5.74) is 1.31. The van der Waals surface area contributed by atoms with Gasteiger partial charge in [0.2, 0.25) is 0 Å². The molecule has 2 rings (SSSR count). The SMILES string of the molecule is CC(NC(=O)N[C@H](C(=O)O)c1ccccc1)c1cn[nH]c1. The molecular formula is C14H16N4O3. The molecule has 0 saturated carbocycles. The minimum atomic E-state index is -1.12. The van der Waals surface area contributed by atoms with Gasteiger partial charge in [-0.3, -0.25) is 5.10 Å². The van der Waals surface area contributed by atoms with E-state index in [4.69, 9.17) is 0 Å². The van der Waals surface area contributed by atoms with Crippen LogP contribution in [-0.2, 0) is 4.79 Å². The first kappa shape index (κ1) is 14.6. The number of carboxylic acids is 1. The van der Waals surface area contributed by atoms with Crippen molar-refractivity contribution < 1.29 is 14.7 Å². The zero-order valence-corrected chi connectivity index (χ0v) is 11.4. The average molecular weight is 288 g/mol. The number of hydrogen-bond acceptors (Lipinski definition) is 3. The van der Waals surface area contributed by atoms with E-state index in [1.807, 2.05) is 0 Å². The smallest absolute Gasteiger partial charge is 0.330 e. The number of H-pyrrole nitrogens is 1. The van der Waals surface area contributed by atoms with Gasteiger partial charge in [-0.15, -0.1) is 0 Å². The second-order valence-corrected chi connectivity index (χ2v) is 4.55. The van der Waals surface area contributed by atoms with Gasteiger partial charge in [0.25, 0.3) is 0 Å². The third-order valence-electron chi connectivity index (χ3n) is 3.02. The standard InChI is InChI=1S/C14H16N4O3/c1-9(11-7-15-16-8-11)17-14(21)18-12(13(19)20)10-5-3-2-4-6-10/h2-9,12H,1H3,(H,15,16)(H,19,20)(H2,17,18,21)/t9?,12-/m0/s1. The molecule has 7 nitrogen and oxygen atoms in total. The molecule has 1 aromatic carbocycles. The molecule has 0 saturated heterocycles. The Balaban J connectivity index is 2.01. The summed E-state index contributed by atoms with van der Waals surface area (Å²) in [7, 11) is 0. The number of aromatic nitrogens is 2. The van der Waals surface area contributed by atoms with Gasteiger partial charge in [-0.25, -0.2) is 9.59 Å². The van der Waals surface area contributed by atoms with Crippen molar-refractivity contribution >= 4 is 12.0 Å². The van der Waals surface area contributed by atoms with Gasteiger partial charge in [-0.1, -0.05) is 30.3 Å². The molecule has 0 spiro atoms. The Morgan fingerprint density at radius 1 is 1.19 bits per heavy atom. The zero-order chi connectivity index (χ0) is 15.2. The maximum Gasteiger partial charge on any atom is 0.330 e. The average Bonchev–Trinajstić information content (AvgIpc) is 2.99. The van der Waals surface area contributed by atoms with Crippen LogP contribution in [0.3, 0.4) is 0 Å². The number of aliphatic carboxylic acids is 1. The predicted octanol–water partition coefficient (Wildman–Crippen LogP) is 1.60. The first-order valence-electron chi connectivity index (χ1n) is 6.41. The molecule has 0 aliphatic rings. The Morgan fingerprint density at radius 3 is 2.48 bits per heavy atom. The molecule has 2 amide bonds. The molecule has 0 fully saturated rings. The van der Waals surface area contributed by atoms with E-state index in [9.17, 15) is 14.7 Å². The lowest BCUT2D eigenvalue weighted by Crippen LogP contribution is -2.41. The maximum absolute atomic E-state index is 11.9. The van der Waals surface area contributed by atoms with Crippen LogP contribution in [0.25, 0.3) is 0 Å². The van der Waals surface area contributed by atoms with Gasteiger partial charge in [0.1, 0.15) is 0 Å². The third kappa shape index (κ3) is 3.82. The molecule has 110 valence electrons. The number of aromatic amines is 1. The highest BCUT2D eigenvalue weighted by Gasteiger charge is 2.22. The quantitative estimate of drug-likeness (QED) is 0.670. The Kier molecular flexibility index (Phi) is 4.55. The summed E-state index contributed by atoms with van der Waals surface area (Å²) in [5, 5.41) is 20.8. The molecule has 1 unspecified atom stereocenters. The van der Waals surface area contributed by atoms with Crippen LogP contribution in [0.2, 0.25) is 0 Å². The van der Waals surface area contributed by atoms with Crippen molar-refractivity contribution in [3.05, 3.63) is 53.9 Å². The molecule has 0 radical (unpaired) electrons. The second kappa shape index (κ2) is 6.56. The zero-order valence-electron chi connectivity index (χ0n) is 11.4. The fourth-order valence-electron chi connectivity index (χ4n) is 1.88. The molecule has 1 aromatic heterocycles. The van der Waals surface area contributed by atoms with Crippen molar-refractivity contribution in [2.75, 3.05) is 0 Å². The van der Waals surface area contributed by atoms with Crippen LogP contribution in [0.4, 0.5) is 4.79 Å². The number of amides is 2. The van der Waals surface area contributed by atoms with Crippen LogP contribution in [0.1, 0.15) is 30.1 Å². The van der Waals surface area contributed by atoms with Crippen molar-refractivity contribution in [1.29, 1.82) is 0 Å². The van der Waals surface area contributed by atoms with Crippen LogP contribution in [0.15, 0.2) is 42.7 Å². The van der Waals surface area contributed by atoms with E-state index in [1.54, 1.807) is 49.6 Å². The Bertz CT molecular complexity index is 598. The van der Waals surface area contributed by atoms with Gasteiger partial charge in [0.15, 0.2) is 6.04 Å². The number of nitrogens with zero attached hydrogens (tertiary/aromatic N) is 1. The summed E-state index contributed by atoms with van der Waals surface area (Å²) in [6, 6.07) is 6.59. The molecule has 4 N–H and O–H groups in total. The third-order valence-corrected chi connectivity index (χ3v) is 3.02. The van der Waals surface area contributed by atoms with Crippen LogP contribution in [-0.4, -0.2) is 27.3 Å². The fraction of sp³-hybridized carbons (Fsp3) is 0.214. The van der Waals surface area contributed by atoms with Gasteiger partial charge >= 0.3 is 12.0 Å². The molecular weight excluding hydrogens is 272 g/mol. The normalized spacial score (nSPS) is 13.2. The summed E-state index contributed by atoms with van der Waals surface area (Å²) in [6.45, 7) is 1.78. The summed E-state index contributed by atoms with van der Waals surface area (Å²) >= 11 is 0. The second-order valence-electron chi connectivity index (χ2n) is 4.55. The monoisotopic (exact) mass is 288 g/mol. The minimum Gasteiger partial charge on any atom is -0.479 e.